The number of rotatable bonds is 4. The third-order valence-electron chi connectivity index (χ3n) is 3.60. The molecule has 1 N–H and O–H groups in total. The van der Waals surface area contributed by atoms with Crippen molar-refractivity contribution in [1.29, 1.82) is 5.26 Å². The molecule has 7 heteroatoms. The van der Waals surface area contributed by atoms with Crippen LogP contribution in [-0.2, 0) is 4.74 Å². The molecule has 0 fully saturated rings. The molecule has 0 radical (unpaired) electrons. The third-order valence-corrected chi connectivity index (χ3v) is 4.36. The van der Waals surface area contributed by atoms with E-state index in [1.165, 1.54) is 18.4 Å². The molecule has 128 valence electrons. The number of carbonyl (C=O) groups excluding carboxylic acids is 2. The van der Waals surface area contributed by atoms with Gasteiger partial charge in [-0.1, -0.05) is 12.1 Å². The van der Waals surface area contributed by atoms with Gasteiger partial charge in [0.1, 0.15) is 0 Å². The number of benzene rings is 2. The van der Waals surface area contributed by atoms with Crippen molar-refractivity contribution in [3.8, 4) is 17.3 Å². The van der Waals surface area contributed by atoms with Gasteiger partial charge in [0.05, 0.1) is 30.0 Å². The molecule has 1 aromatic heterocycles. The number of aromatic nitrogens is 1. The smallest absolute Gasteiger partial charge is 0.337 e. The van der Waals surface area contributed by atoms with Crippen molar-refractivity contribution < 1.29 is 14.3 Å². The fourth-order valence-corrected chi connectivity index (χ4v) is 2.94. The zero-order valence-corrected chi connectivity index (χ0v) is 14.5. The summed E-state index contributed by atoms with van der Waals surface area (Å²) in [4.78, 5) is 28.1. The van der Waals surface area contributed by atoms with Crippen molar-refractivity contribution in [1.82, 2.24) is 4.98 Å². The molecule has 1 amide bonds. The first-order valence-electron chi connectivity index (χ1n) is 7.56. The van der Waals surface area contributed by atoms with Crippen molar-refractivity contribution in [3.63, 3.8) is 0 Å². The second-order valence-electron chi connectivity index (χ2n) is 5.25. The van der Waals surface area contributed by atoms with E-state index in [9.17, 15) is 9.59 Å². The molecule has 0 spiro atoms. The number of carbonyl (C=O) groups is 2. The number of hydrogen-bond acceptors (Lipinski definition) is 6. The summed E-state index contributed by atoms with van der Waals surface area (Å²) in [5, 5.41) is 13.8. The highest BCUT2D eigenvalue weighted by Crippen LogP contribution is 2.25. The number of hydrogen-bond donors (Lipinski definition) is 1. The first-order valence-corrected chi connectivity index (χ1v) is 8.44. The SMILES string of the molecule is COC(=O)c1ccc(-c2csc(NC(=O)c3ccc(C#N)cc3)n2)cc1. The Bertz CT molecular complexity index is 986. The minimum Gasteiger partial charge on any atom is -0.465 e. The minimum absolute atomic E-state index is 0.295. The van der Waals surface area contributed by atoms with E-state index in [4.69, 9.17) is 5.26 Å². The van der Waals surface area contributed by atoms with Crippen LogP contribution in [0.5, 0.6) is 0 Å². The van der Waals surface area contributed by atoms with Crippen LogP contribution < -0.4 is 5.32 Å². The molecule has 0 aliphatic heterocycles. The van der Waals surface area contributed by atoms with Crippen molar-refractivity contribution in [2.45, 2.75) is 0 Å². The van der Waals surface area contributed by atoms with Crippen molar-refractivity contribution >= 4 is 28.3 Å². The van der Waals surface area contributed by atoms with Gasteiger partial charge in [-0.15, -0.1) is 11.3 Å². The summed E-state index contributed by atoms with van der Waals surface area (Å²) in [5.41, 5.74) is 2.92. The zero-order valence-electron chi connectivity index (χ0n) is 13.7. The standard InChI is InChI=1S/C19H13N3O3S/c1-25-18(24)15-8-6-13(7-9-15)16-11-26-19(21-16)22-17(23)14-4-2-12(10-20)3-5-14/h2-9,11H,1H3,(H,21,22,23). The van der Waals surface area contributed by atoms with Gasteiger partial charge in [-0.3, -0.25) is 10.1 Å². The number of amides is 1. The summed E-state index contributed by atoms with van der Waals surface area (Å²) in [6.45, 7) is 0. The average Bonchev–Trinajstić information content (AvgIpc) is 3.16. The number of nitriles is 1. The maximum atomic E-state index is 12.2. The number of esters is 1. The van der Waals surface area contributed by atoms with Crippen LogP contribution >= 0.6 is 11.3 Å². The lowest BCUT2D eigenvalue weighted by Crippen LogP contribution is -2.11. The van der Waals surface area contributed by atoms with E-state index >= 15 is 0 Å². The molecular formula is C19H13N3O3S. The molecule has 6 nitrogen and oxygen atoms in total. The molecule has 0 unspecified atom stereocenters. The molecule has 0 aliphatic carbocycles. The molecule has 26 heavy (non-hydrogen) atoms. The highest BCUT2D eigenvalue weighted by atomic mass is 32.1. The number of methoxy groups -OCH3 is 1. The Kier molecular flexibility index (Phi) is 5.06. The molecule has 3 rings (SSSR count). The largest absolute Gasteiger partial charge is 0.465 e. The van der Waals surface area contributed by atoms with Gasteiger partial charge in [0.2, 0.25) is 0 Å². The fourth-order valence-electron chi connectivity index (χ4n) is 2.22. The Balaban J connectivity index is 1.72. The summed E-state index contributed by atoms with van der Waals surface area (Å²) in [6, 6.07) is 15.2. The van der Waals surface area contributed by atoms with Gasteiger partial charge >= 0.3 is 5.97 Å². The number of nitrogens with zero attached hydrogens (tertiary/aromatic N) is 2. The van der Waals surface area contributed by atoms with Crippen LogP contribution in [0.4, 0.5) is 5.13 Å². The Morgan fingerprint density at radius 3 is 2.35 bits per heavy atom. The lowest BCUT2D eigenvalue weighted by molar-refractivity contribution is 0.0600. The minimum atomic E-state index is -0.398. The maximum absolute atomic E-state index is 12.2. The van der Waals surface area contributed by atoms with Crippen LogP contribution in [0.3, 0.4) is 0 Å². The molecule has 0 saturated carbocycles. The normalized spacial score (nSPS) is 10.0. The van der Waals surface area contributed by atoms with Gasteiger partial charge in [0.25, 0.3) is 5.91 Å². The van der Waals surface area contributed by atoms with Gasteiger partial charge in [0.15, 0.2) is 5.13 Å². The second-order valence-corrected chi connectivity index (χ2v) is 6.11. The number of nitrogens with one attached hydrogen (secondary N) is 1. The number of thiazole rings is 1. The Morgan fingerprint density at radius 1 is 1.08 bits per heavy atom. The Morgan fingerprint density at radius 2 is 1.73 bits per heavy atom. The van der Waals surface area contributed by atoms with Crippen molar-refractivity contribution in [2.24, 2.45) is 0 Å². The summed E-state index contributed by atoms with van der Waals surface area (Å²) >= 11 is 1.30. The van der Waals surface area contributed by atoms with Crippen LogP contribution in [-0.4, -0.2) is 24.0 Å². The van der Waals surface area contributed by atoms with Crippen LogP contribution in [0.25, 0.3) is 11.3 Å². The lowest BCUT2D eigenvalue weighted by Gasteiger charge is -2.02. The highest BCUT2D eigenvalue weighted by molar-refractivity contribution is 7.14. The van der Waals surface area contributed by atoms with Gasteiger partial charge in [-0.25, -0.2) is 9.78 Å². The van der Waals surface area contributed by atoms with Crippen molar-refractivity contribution in [2.75, 3.05) is 12.4 Å². The van der Waals surface area contributed by atoms with Crippen LogP contribution in [0.15, 0.2) is 53.9 Å². The van der Waals surface area contributed by atoms with Crippen LogP contribution in [0.1, 0.15) is 26.3 Å². The molecule has 0 bridgehead atoms. The number of ether oxygens (including phenoxy) is 1. The maximum Gasteiger partial charge on any atom is 0.337 e. The van der Waals surface area contributed by atoms with E-state index in [1.54, 1.807) is 48.5 Å². The van der Waals surface area contributed by atoms with E-state index in [1.807, 2.05) is 11.4 Å². The van der Waals surface area contributed by atoms with E-state index in [2.05, 4.69) is 15.0 Å². The first kappa shape index (κ1) is 17.3. The summed E-state index contributed by atoms with van der Waals surface area (Å²) in [6.07, 6.45) is 0. The van der Waals surface area contributed by atoms with Gasteiger partial charge in [0, 0.05) is 16.5 Å². The van der Waals surface area contributed by atoms with E-state index in [0.717, 1.165) is 5.56 Å². The quantitative estimate of drug-likeness (QED) is 0.713. The molecular weight excluding hydrogens is 350 g/mol. The van der Waals surface area contributed by atoms with E-state index in [-0.39, 0.29) is 5.91 Å². The fraction of sp³-hybridized carbons (Fsp3) is 0.0526. The van der Waals surface area contributed by atoms with Crippen LogP contribution in [0, 0.1) is 11.3 Å². The third kappa shape index (κ3) is 3.77. The van der Waals surface area contributed by atoms with Gasteiger partial charge in [-0.05, 0) is 36.4 Å². The average molecular weight is 363 g/mol. The predicted molar refractivity (Wildman–Crippen MR) is 98.0 cm³/mol. The molecule has 2 aromatic carbocycles. The van der Waals surface area contributed by atoms with E-state index < -0.39 is 5.97 Å². The Hall–Kier alpha value is -3.50. The summed E-state index contributed by atoms with van der Waals surface area (Å²) < 4.78 is 4.67. The predicted octanol–water partition coefficient (Wildman–Crippen LogP) is 3.72. The highest BCUT2D eigenvalue weighted by Gasteiger charge is 2.11. The monoisotopic (exact) mass is 363 g/mol. The molecule has 1 heterocycles. The summed E-state index contributed by atoms with van der Waals surface area (Å²) in [7, 11) is 1.33. The van der Waals surface area contributed by atoms with Gasteiger partial charge in [-0.2, -0.15) is 5.26 Å². The number of anilines is 1. The van der Waals surface area contributed by atoms with E-state index in [0.29, 0.717) is 27.5 Å². The Labute approximate surface area is 153 Å². The molecule has 0 aliphatic rings. The zero-order chi connectivity index (χ0) is 18.5. The van der Waals surface area contributed by atoms with Gasteiger partial charge < -0.3 is 4.74 Å². The molecule has 0 atom stereocenters. The second kappa shape index (κ2) is 7.59. The van der Waals surface area contributed by atoms with Crippen molar-refractivity contribution in [3.05, 3.63) is 70.6 Å². The first-order chi connectivity index (χ1) is 12.6. The topological polar surface area (TPSA) is 92.1 Å². The molecule has 3 aromatic rings. The lowest BCUT2D eigenvalue weighted by atomic mass is 10.1. The summed E-state index contributed by atoms with van der Waals surface area (Å²) in [5.74, 6) is -0.693. The molecule has 0 saturated heterocycles. The van der Waals surface area contributed by atoms with Crippen LogP contribution in [0.2, 0.25) is 0 Å².